The van der Waals surface area contributed by atoms with Gasteiger partial charge >= 0.3 is 0 Å². The van der Waals surface area contributed by atoms with E-state index in [-0.39, 0.29) is 6.10 Å². The Bertz CT molecular complexity index is 62.9. The average Bonchev–Trinajstić information content (AvgIpc) is 1.77. The predicted molar refractivity (Wildman–Crippen MR) is 30.6 cm³/mol. The minimum absolute atomic E-state index is 0.122. The lowest BCUT2D eigenvalue weighted by molar-refractivity contribution is -0.0282. The number of aliphatic hydroxyl groups excluding tert-OH is 1. The number of hydrogen-bond donors (Lipinski definition) is 1. The smallest absolute Gasteiger partial charge is 0.0609 e. The van der Waals surface area contributed by atoms with Crippen molar-refractivity contribution in [1.29, 1.82) is 0 Å². The van der Waals surface area contributed by atoms with Crippen molar-refractivity contribution in [3.05, 3.63) is 0 Å². The summed E-state index contributed by atoms with van der Waals surface area (Å²) in [5, 5.41) is 9.10. The maximum Gasteiger partial charge on any atom is 0.0609 e. The molecule has 1 heterocycles. The molecule has 1 aliphatic rings. The first kappa shape index (κ1) is 6.05. The molecule has 0 aliphatic carbocycles. The van der Waals surface area contributed by atoms with Crippen molar-refractivity contribution in [2.75, 3.05) is 13.2 Å². The van der Waals surface area contributed by atoms with Gasteiger partial charge in [0, 0.05) is 12.5 Å². The summed E-state index contributed by atoms with van der Waals surface area (Å²) < 4.78 is 5.09. The maximum atomic E-state index is 9.10. The maximum absolute atomic E-state index is 9.10. The Labute approximate surface area is 49.5 Å². The van der Waals surface area contributed by atoms with E-state index in [1.54, 1.807) is 0 Å². The molecular formula is C6H12O2. The van der Waals surface area contributed by atoms with Crippen LogP contribution in [0.15, 0.2) is 0 Å². The Morgan fingerprint density at radius 2 is 2.38 bits per heavy atom. The number of aliphatic hydroxyl groups is 1. The van der Waals surface area contributed by atoms with Gasteiger partial charge in [-0.2, -0.15) is 0 Å². The van der Waals surface area contributed by atoms with Crippen molar-refractivity contribution < 1.29 is 9.84 Å². The van der Waals surface area contributed by atoms with E-state index in [2.05, 4.69) is 0 Å². The monoisotopic (exact) mass is 116 g/mol. The Kier molecular flexibility index (Phi) is 1.86. The van der Waals surface area contributed by atoms with E-state index in [1.165, 1.54) is 0 Å². The van der Waals surface area contributed by atoms with Gasteiger partial charge < -0.3 is 9.84 Å². The van der Waals surface area contributed by atoms with Crippen LogP contribution in [0.2, 0.25) is 0 Å². The summed E-state index contributed by atoms with van der Waals surface area (Å²) in [5.74, 6) is 0.337. The van der Waals surface area contributed by atoms with Gasteiger partial charge in [0.05, 0.1) is 12.7 Å². The largest absolute Gasteiger partial charge is 0.393 e. The molecule has 2 atom stereocenters. The average molecular weight is 116 g/mol. The third kappa shape index (κ3) is 1.20. The zero-order valence-electron chi connectivity index (χ0n) is 5.13. The minimum atomic E-state index is -0.122. The molecule has 0 aromatic carbocycles. The van der Waals surface area contributed by atoms with Gasteiger partial charge in [0.2, 0.25) is 0 Å². The van der Waals surface area contributed by atoms with Gasteiger partial charge in [0.1, 0.15) is 0 Å². The van der Waals surface area contributed by atoms with E-state index < -0.39 is 0 Å². The Hall–Kier alpha value is -0.0800. The summed E-state index contributed by atoms with van der Waals surface area (Å²) in [5.41, 5.74) is 0. The summed E-state index contributed by atoms with van der Waals surface area (Å²) >= 11 is 0. The van der Waals surface area contributed by atoms with Gasteiger partial charge in [0.25, 0.3) is 0 Å². The lowest BCUT2D eigenvalue weighted by Gasteiger charge is -2.23. The molecule has 0 bridgehead atoms. The predicted octanol–water partition coefficient (Wildman–Crippen LogP) is 0.404. The molecule has 48 valence electrons. The van der Waals surface area contributed by atoms with Crippen molar-refractivity contribution >= 4 is 0 Å². The Balaban J connectivity index is 2.28. The Morgan fingerprint density at radius 1 is 1.62 bits per heavy atom. The summed E-state index contributed by atoms with van der Waals surface area (Å²) in [4.78, 5) is 0. The fraction of sp³-hybridized carbons (Fsp3) is 1.00. The number of hydrogen-bond acceptors (Lipinski definition) is 2. The van der Waals surface area contributed by atoms with Crippen molar-refractivity contribution in [3.8, 4) is 0 Å². The molecule has 0 aromatic rings. The molecule has 2 heteroatoms. The van der Waals surface area contributed by atoms with Crippen molar-refractivity contribution in [3.63, 3.8) is 0 Å². The van der Waals surface area contributed by atoms with Gasteiger partial charge in [-0.25, -0.2) is 0 Å². The van der Waals surface area contributed by atoms with Crippen LogP contribution in [-0.2, 0) is 4.74 Å². The standard InChI is InChI=1S/C6H12O2/c1-5-4-8-3-2-6(5)7/h5-7H,2-4H2,1H3/t5?,6-/m1/s1. The van der Waals surface area contributed by atoms with Gasteiger partial charge in [-0.1, -0.05) is 6.92 Å². The van der Waals surface area contributed by atoms with Gasteiger partial charge in [-0.3, -0.25) is 0 Å². The zero-order valence-corrected chi connectivity index (χ0v) is 5.13. The molecule has 1 saturated heterocycles. The molecule has 1 aliphatic heterocycles. The fourth-order valence-electron chi connectivity index (χ4n) is 0.869. The second kappa shape index (κ2) is 2.46. The summed E-state index contributed by atoms with van der Waals surface area (Å²) in [7, 11) is 0. The number of ether oxygens (including phenoxy) is 1. The molecule has 1 rings (SSSR count). The zero-order chi connectivity index (χ0) is 5.98. The second-order valence-electron chi connectivity index (χ2n) is 2.41. The van der Waals surface area contributed by atoms with Crippen LogP contribution >= 0.6 is 0 Å². The first-order chi connectivity index (χ1) is 3.80. The van der Waals surface area contributed by atoms with E-state index in [9.17, 15) is 0 Å². The molecule has 1 fully saturated rings. The van der Waals surface area contributed by atoms with Gasteiger partial charge in [-0.05, 0) is 6.42 Å². The molecular weight excluding hydrogens is 104 g/mol. The fourth-order valence-corrected chi connectivity index (χ4v) is 0.869. The molecule has 0 radical (unpaired) electrons. The van der Waals surface area contributed by atoms with E-state index in [0.29, 0.717) is 5.92 Å². The molecule has 0 aromatic heterocycles. The lowest BCUT2D eigenvalue weighted by atomic mass is 10.0. The highest BCUT2D eigenvalue weighted by atomic mass is 16.5. The summed E-state index contributed by atoms with van der Waals surface area (Å²) in [6, 6.07) is 0. The van der Waals surface area contributed by atoms with E-state index in [4.69, 9.17) is 9.84 Å². The first-order valence-electron chi connectivity index (χ1n) is 3.06. The number of rotatable bonds is 0. The van der Waals surface area contributed by atoms with Crippen LogP contribution in [0.3, 0.4) is 0 Å². The van der Waals surface area contributed by atoms with Crippen LogP contribution in [0, 0.1) is 5.92 Å². The summed E-state index contributed by atoms with van der Waals surface area (Å²) in [6.07, 6.45) is 0.685. The molecule has 1 unspecified atom stereocenters. The highest BCUT2D eigenvalue weighted by molar-refractivity contribution is 4.67. The molecule has 0 spiro atoms. The molecule has 0 saturated carbocycles. The minimum Gasteiger partial charge on any atom is -0.393 e. The highest BCUT2D eigenvalue weighted by Gasteiger charge is 2.18. The highest BCUT2D eigenvalue weighted by Crippen LogP contribution is 2.12. The van der Waals surface area contributed by atoms with Crippen molar-refractivity contribution in [1.82, 2.24) is 0 Å². The lowest BCUT2D eigenvalue weighted by Crippen LogP contribution is -2.29. The van der Waals surface area contributed by atoms with Crippen LogP contribution in [0.4, 0.5) is 0 Å². The third-order valence-electron chi connectivity index (χ3n) is 1.60. The summed E-state index contributed by atoms with van der Waals surface area (Å²) in [6.45, 7) is 3.45. The van der Waals surface area contributed by atoms with E-state index in [1.807, 2.05) is 6.92 Å². The second-order valence-corrected chi connectivity index (χ2v) is 2.41. The van der Waals surface area contributed by atoms with Crippen LogP contribution in [0.5, 0.6) is 0 Å². The molecule has 8 heavy (non-hydrogen) atoms. The molecule has 0 amide bonds. The van der Waals surface area contributed by atoms with Crippen LogP contribution in [0.1, 0.15) is 13.3 Å². The SMILES string of the molecule is CC1COCC[C@H]1O. The van der Waals surface area contributed by atoms with Crippen molar-refractivity contribution in [2.24, 2.45) is 5.92 Å². The van der Waals surface area contributed by atoms with Crippen LogP contribution < -0.4 is 0 Å². The van der Waals surface area contributed by atoms with Gasteiger partial charge in [0.15, 0.2) is 0 Å². The normalized spacial score (nSPS) is 39.8. The van der Waals surface area contributed by atoms with E-state index in [0.717, 1.165) is 19.6 Å². The van der Waals surface area contributed by atoms with Crippen LogP contribution in [-0.4, -0.2) is 24.4 Å². The quantitative estimate of drug-likeness (QED) is 0.496. The van der Waals surface area contributed by atoms with Crippen LogP contribution in [0.25, 0.3) is 0 Å². The first-order valence-corrected chi connectivity index (χ1v) is 3.06. The Morgan fingerprint density at radius 3 is 2.75 bits per heavy atom. The topological polar surface area (TPSA) is 29.5 Å². The molecule has 1 N–H and O–H groups in total. The van der Waals surface area contributed by atoms with Crippen molar-refractivity contribution in [2.45, 2.75) is 19.4 Å². The van der Waals surface area contributed by atoms with E-state index >= 15 is 0 Å². The molecule has 2 nitrogen and oxygen atoms in total. The van der Waals surface area contributed by atoms with Gasteiger partial charge in [-0.15, -0.1) is 0 Å². The third-order valence-corrected chi connectivity index (χ3v) is 1.60.